The highest BCUT2D eigenvalue weighted by atomic mass is 16.4. The topological polar surface area (TPSA) is 43.8 Å². The highest BCUT2D eigenvalue weighted by Crippen LogP contribution is 2.38. The van der Waals surface area contributed by atoms with E-state index in [-0.39, 0.29) is 0 Å². The Balaban J connectivity index is 1.67. The minimum absolute atomic E-state index is 0.522. The lowest BCUT2D eigenvalue weighted by Crippen LogP contribution is -2.36. The van der Waals surface area contributed by atoms with E-state index >= 15 is 0 Å². The molecule has 4 heteroatoms. The predicted octanol–water partition coefficient (Wildman–Crippen LogP) is 4.67. The number of nitrogens with zero attached hydrogens (tertiary/aromatic N) is 2. The number of carboxylic acid groups (broad SMARTS) is 1. The predicted molar refractivity (Wildman–Crippen MR) is 114 cm³/mol. The third-order valence-electron chi connectivity index (χ3n) is 6.56. The Kier molecular flexibility index (Phi) is 5.29. The van der Waals surface area contributed by atoms with Crippen LogP contribution in [-0.2, 0) is 10.2 Å². The summed E-state index contributed by atoms with van der Waals surface area (Å²) in [4.78, 5) is 17.3. The molecule has 2 fully saturated rings. The Bertz CT molecular complexity index is 742. The third-order valence-corrected chi connectivity index (χ3v) is 6.56. The van der Waals surface area contributed by atoms with Gasteiger partial charge in [-0.05, 0) is 67.5 Å². The van der Waals surface area contributed by atoms with Gasteiger partial charge in [-0.2, -0.15) is 0 Å². The van der Waals surface area contributed by atoms with Crippen molar-refractivity contribution in [3.63, 3.8) is 0 Å². The zero-order valence-electron chi connectivity index (χ0n) is 16.7. The fraction of sp³-hybridized carbons (Fsp3) is 0.458. The van der Waals surface area contributed by atoms with E-state index in [4.69, 9.17) is 0 Å². The van der Waals surface area contributed by atoms with E-state index in [1.807, 2.05) is 31.2 Å². The Morgan fingerprint density at radius 3 is 1.43 bits per heavy atom. The molecule has 2 aromatic carbocycles. The number of rotatable bonds is 6. The lowest BCUT2D eigenvalue weighted by Gasteiger charge is -2.31. The molecular formula is C24H30N2O2. The summed E-state index contributed by atoms with van der Waals surface area (Å²) in [5, 5.41) is 10.3. The van der Waals surface area contributed by atoms with E-state index in [2.05, 4.69) is 34.1 Å². The summed E-state index contributed by atoms with van der Waals surface area (Å²) in [5.74, 6) is -0.780. The molecule has 0 unspecified atom stereocenters. The van der Waals surface area contributed by atoms with Crippen molar-refractivity contribution in [1.29, 1.82) is 0 Å². The molecule has 0 amide bonds. The molecule has 2 aliphatic rings. The van der Waals surface area contributed by atoms with Gasteiger partial charge in [-0.25, -0.2) is 0 Å². The zero-order valence-corrected chi connectivity index (χ0v) is 16.7. The standard InChI is InChI=1S/C24H30N2O2/c1-2-24(23(27)28,19-7-11-21(12-8-19)25-15-3-4-16-25)20-9-13-22(14-10-20)26-17-5-6-18-26/h7-14H,2-6,15-18H2,1H3,(H,27,28). The molecule has 0 atom stereocenters. The monoisotopic (exact) mass is 378 g/mol. The molecular weight excluding hydrogens is 348 g/mol. The maximum absolute atomic E-state index is 12.5. The molecule has 1 N–H and O–H groups in total. The van der Waals surface area contributed by atoms with E-state index in [1.165, 1.54) is 37.1 Å². The van der Waals surface area contributed by atoms with Crippen LogP contribution >= 0.6 is 0 Å². The second-order valence-corrected chi connectivity index (χ2v) is 8.05. The Hall–Kier alpha value is -2.49. The van der Waals surface area contributed by atoms with Gasteiger partial charge in [-0.1, -0.05) is 31.2 Å². The van der Waals surface area contributed by atoms with Crippen LogP contribution in [0.1, 0.15) is 50.2 Å². The van der Waals surface area contributed by atoms with E-state index in [1.54, 1.807) is 0 Å². The second-order valence-electron chi connectivity index (χ2n) is 8.05. The summed E-state index contributed by atoms with van der Waals surface area (Å²) in [6.45, 7) is 6.34. The molecule has 148 valence electrons. The van der Waals surface area contributed by atoms with Crippen molar-refractivity contribution in [3.8, 4) is 0 Å². The summed E-state index contributed by atoms with van der Waals surface area (Å²) in [6.07, 6.45) is 5.46. The molecule has 2 heterocycles. The molecule has 0 radical (unpaired) electrons. The first-order chi connectivity index (χ1) is 13.6. The number of hydrogen-bond donors (Lipinski definition) is 1. The summed E-state index contributed by atoms with van der Waals surface area (Å²) >= 11 is 0. The van der Waals surface area contributed by atoms with Crippen LogP contribution in [0.2, 0.25) is 0 Å². The molecule has 0 spiro atoms. The molecule has 2 aliphatic heterocycles. The van der Waals surface area contributed by atoms with Gasteiger partial charge in [0.05, 0.1) is 0 Å². The highest BCUT2D eigenvalue weighted by molar-refractivity contribution is 5.86. The van der Waals surface area contributed by atoms with Gasteiger partial charge in [0.25, 0.3) is 0 Å². The molecule has 28 heavy (non-hydrogen) atoms. The number of benzene rings is 2. The zero-order chi connectivity index (χ0) is 19.6. The quantitative estimate of drug-likeness (QED) is 0.793. The van der Waals surface area contributed by atoms with Crippen LogP contribution in [-0.4, -0.2) is 37.3 Å². The Morgan fingerprint density at radius 1 is 0.786 bits per heavy atom. The van der Waals surface area contributed by atoms with Gasteiger partial charge in [-0.15, -0.1) is 0 Å². The third kappa shape index (κ3) is 3.25. The summed E-state index contributed by atoms with van der Waals surface area (Å²) in [6, 6.07) is 16.4. The lowest BCUT2D eigenvalue weighted by molar-refractivity contribution is -0.142. The van der Waals surface area contributed by atoms with Crippen molar-refractivity contribution >= 4 is 17.3 Å². The van der Waals surface area contributed by atoms with Crippen LogP contribution in [0.25, 0.3) is 0 Å². The summed E-state index contributed by atoms with van der Waals surface area (Å²) in [5.41, 5.74) is 3.10. The van der Waals surface area contributed by atoms with E-state index in [0.717, 1.165) is 37.3 Å². The largest absolute Gasteiger partial charge is 0.480 e. The molecule has 2 aromatic rings. The van der Waals surface area contributed by atoms with Crippen LogP contribution in [0.15, 0.2) is 48.5 Å². The van der Waals surface area contributed by atoms with Crippen LogP contribution in [0.5, 0.6) is 0 Å². The second kappa shape index (κ2) is 7.86. The van der Waals surface area contributed by atoms with Crippen molar-refractivity contribution < 1.29 is 9.90 Å². The number of carboxylic acids is 1. The average Bonchev–Trinajstić information content (AvgIpc) is 3.44. The number of aliphatic carboxylic acids is 1. The molecule has 0 aromatic heterocycles. The van der Waals surface area contributed by atoms with Gasteiger partial charge in [0.2, 0.25) is 0 Å². The smallest absolute Gasteiger partial charge is 0.318 e. The van der Waals surface area contributed by atoms with Crippen molar-refractivity contribution in [3.05, 3.63) is 59.7 Å². The van der Waals surface area contributed by atoms with Crippen molar-refractivity contribution in [2.45, 2.75) is 44.4 Å². The average molecular weight is 379 g/mol. The van der Waals surface area contributed by atoms with Gasteiger partial charge in [0.1, 0.15) is 5.41 Å². The first-order valence-corrected chi connectivity index (χ1v) is 10.6. The first kappa shape index (κ1) is 18.9. The van der Waals surface area contributed by atoms with E-state index in [0.29, 0.717) is 6.42 Å². The Morgan fingerprint density at radius 2 is 1.14 bits per heavy atom. The van der Waals surface area contributed by atoms with Crippen LogP contribution < -0.4 is 9.80 Å². The molecule has 0 bridgehead atoms. The van der Waals surface area contributed by atoms with Crippen molar-refractivity contribution in [2.24, 2.45) is 0 Å². The van der Waals surface area contributed by atoms with Crippen LogP contribution in [0.4, 0.5) is 11.4 Å². The first-order valence-electron chi connectivity index (χ1n) is 10.6. The lowest BCUT2D eigenvalue weighted by atomic mass is 9.72. The minimum Gasteiger partial charge on any atom is -0.480 e. The maximum Gasteiger partial charge on any atom is 0.318 e. The van der Waals surface area contributed by atoms with Crippen LogP contribution in [0, 0.1) is 0 Å². The summed E-state index contributed by atoms with van der Waals surface area (Å²) in [7, 11) is 0. The SMILES string of the molecule is CCC(C(=O)O)(c1ccc(N2CCCC2)cc1)c1ccc(N2CCCC2)cc1. The highest BCUT2D eigenvalue weighted by Gasteiger charge is 2.40. The maximum atomic E-state index is 12.5. The normalized spacial score (nSPS) is 17.3. The van der Waals surface area contributed by atoms with Gasteiger partial charge in [0, 0.05) is 37.6 Å². The van der Waals surface area contributed by atoms with Gasteiger partial charge in [-0.3, -0.25) is 4.79 Å². The summed E-state index contributed by atoms with van der Waals surface area (Å²) < 4.78 is 0. The number of carbonyl (C=O) groups is 1. The van der Waals surface area contributed by atoms with E-state index < -0.39 is 11.4 Å². The molecule has 2 saturated heterocycles. The molecule has 4 nitrogen and oxygen atoms in total. The number of anilines is 2. The Labute approximate surface area is 167 Å². The van der Waals surface area contributed by atoms with Gasteiger partial charge >= 0.3 is 5.97 Å². The molecule has 4 rings (SSSR count). The minimum atomic E-state index is -1.01. The number of hydrogen-bond acceptors (Lipinski definition) is 3. The van der Waals surface area contributed by atoms with Gasteiger partial charge < -0.3 is 14.9 Å². The fourth-order valence-electron chi connectivity index (χ4n) is 4.84. The molecule has 0 saturated carbocycles. The van der Waals surface area contributed by atoms with E-state index in [9.17, 15) is 9.90 Å². The fourth-order valence-corrected chi connectivity index (χ4v) is 4.84. The van der Waals surface area contributed by atoms with Crippen molar-refractivity contribution in [2.75, 3.05) is 36.0 Å². The van der Waals surface area contributed by atoms with Crippen LogP contribution in [0.3, 0.4) is 0 Å². The molecule has 0 aliphatic carbocycles. The van der Waals surface area contributed by atoms with Crippen molar-refractivity contribution in [1.82, 2.24) is 0 Å². The van der Waals surface area contributed by atoms with Gasteiger partial charge in [0.15, 0.2) is 0 Å².